The van der Waals surface area contributed by atoms with Crippen molar-refractivity contribution >= 4 is 22.6 Å². The van der Waals surface area contributed by atoms with Gasteiger partial charge in [0, 0.05) is 12.7 Å². The molecule has 1 heterocycles. The maximum absolute atomic E-state index is 14.1. The number of nitrogen functional groups attached to an aromatic ring is 1. The van der Waals surface area contributed by atoms with Crippen molar-refractivity contribution in [2.45, 2.75) is 32.4 Å². The molecule has 5 nitrogen and oxygen atoms in total. The topological polar surface area (TPSA) is 74.3 Å². The Morgan fingerprint density at radius 2 is 1.96 bits per heavy atom. The second kappa shape index (κ2) is 5.29. The number of aryl methyl sites for hydroxylation is 1. The van der Waals surface area contributed by atoms with E-state index in [4.69, 9.17) is 10.5 Å². The first-order valence-electron chi connectivity index (χ1n) is 7.06. The number of nitrogens with two attached hydrogens (primary N) is 1. The summed E-state index contributed by atoms with van der Waals surface area (Å²) in [5.74, 6) is -5.81. The number of nitrogens with zero attached hydrogens (tertiary/aromatic N) is 1. The second-order valence-electron chi connectivity index (χ2n) is 5.34. The number of carbonyl (C=O) groups is 1. The molecule has 1 aliphatic rings. The zero-order valence-corrected chi connectivity index (χ0v) is 12.2. The highest BCUT2D eigenvalue weighted by atomic mass is 19.2. The first-order chi connectivity index (χ1) is 10.9. The lowest BCUT2D eigenvalue weighted by Gasteiger charge is -2.14. The Morgan fingerprint density at radius 1 is 1.30 bits per heavy atom. The normalized spacial score (nSPS) is 14.3. The van der Waals surface area contributed by atoms with E-state index in [9.17, 15) is 22.8 Å². The number of aromatic nitrogens is 1. The fourth-order valence-electron chi connectivity index (χ4n) is 2.37. The summed E-state index contributed by atoms with van der Waals surface area (Å²) in [4.78, 5) is 24.5. The van der Waals surface area contributed by atoms with E-state index in [1.165, 1.54) is 0 Å². The summed E-state index contributed by atoms with van der Waals surface area (Å²) < 4.78 is 47.5. The lowest BCUT2D eigenvalue weighted by Crippen LogP contribution is -2.23. The minimum Gasteiger partial charge on any atom is -0.459 e. The lowest BCUT2D eigenvalue weighted by atomic mass is 10.1. The van der Waals surface area contributed by atoms with E-state index in [-0.39, 0.29) is 18.2 Å². The molecule has 0 spiro atoms. The Kier molecular flexibility index (Phi) is 3.54. The van der Waals surface area contributed by atoms with Gasteiger partial charge in [-0.15, -0.1) is 0 Å². The molecule has 0 saturated heterocycles. The third kappa shape index (κ3) is 2.34. The van der Waals surface area contributed by atoms with Crippen molar-refractivity contribution in [3.05, 3.63) is 39.4 Å². The average molecular weight is 326 g/mol. The molecular weight excluding hydrogens is 313 g/mol. The summed E-state index contributed by atoms with van der Waals surface area (Å²) in [5, 5.41) is -0.562. The van der Waals surface area contributed by atoms with Crippen LogP contribution in [0.25, 0.3) is 10.9 Å². The Hall–Kier alpha value is -2.51. The van der Waals surface area contributed by atoms with E-state index in [1.54, 1.807) is 6.92 Å². The number of esters is 1. The zero-order chi connectivity index (χ0) is 16.9. The molecule has 1 aliphatic carbocycles. The van der Waals surface area contributed by atoms with Gasteiger partial charge in [0.15, 0.2) is 17.5 Å². The van der Waals surface area contributed by atoms with Crippen molar-refractivity contribution in [2.24, 2.45) is 0 Å². The Balaban J connectivity index is 2.35. The molecule has 0 radical (unpaired) electrons. The van der Waals surface area contributed by atoms with Crippen molar-refractivity contribution < 1.29 is 22.7 Å². The van der Waals surface area contributed by atoms with Crippen molar-refractivity contribution in [3.63, 3.8) is 0 Å². The van der Waals surface area contributed by atoms with E-state index in [1.807, 2.05) is 0 Å². The number of carbonyl (C=O) groups excluding carboxylic acids is 1. The number of hydrogen-bond donors (Lipinski definition) is 1. The molecule has 0 atom stereocenters. The van der Waals surface area contributed by atoms with Gasteiger partial charge < -0.3 is 15.0 Å². The molecule has 3 rings (SSSR count). The molecule has 0 aliphatic heterocycles. The van der Waals surface area contributed by atoms with Gasteiger partial charge in [0.2, 0.25) is 5.43 Å². The third-order valence-electron chi connectivity index (χ3n) is 3.74. The first kappa shape index (κ1) is 15.4. The van der Waals surface area contributed by atoms with Gasteiger partial charge in [0.1, 0.15) is 11.7 Å². The van der Waals surface area contributed by atoms with Crippen LogP contribution in [0.5, 0.6) is 0 Å². The highest BCUT2D eigenvalue weighted by Gasteiger charge is 2.30. The van der Waals surface area contributed by atoms with Crippen LogP contribution in [0.2, 0.25) is 0 Å². The van der Waals surface area contributed by atoms with Crippen LogP contribution in [0.1, 0.15) is 30.1 Å². The van der Waals surface area contributed by atoms with Gasteiger partial charge in [-0.1, -0.05) is 0 Å². The average Bonchev–Trinajstić information content (AvgIpc) is 3.34. The van der Waals surface area contributed by atoms with Crippen molar-refractivity contribution in [3.8, 4) is 0 Å². The van der Waals surface area contributed by atoms with Crippen LogP contribution in [0.15, 0.2) is 11.0 Å². The van der Waals surface area contributed by atoms with Crippen molar-refractivity contribution in [1.82, 2.24) is 4.57 Å². The van der Waals surface area contributed by atoms with Crippen LogP contribution in [0.3, 0.4) is 0 Å². The van der Waals surface area contributed by atoms with Gasteiger partial charge in [0.05, 0.1) is 16.6 Å². The number of rotatable bonds is 3. The fourth-order valence-corrected chi connectivity index (χ4v) is 2.37. The molecule has 1 saturated carbocycles. The Bertz CT molecular complexity index is 888. The zero-order valence-electron chi connectivity index (χ0n) is 12.2. The van der Waals surface area contributed by atoms with E-state index >= 15 is 0 Å². The van der Waals surface area contributed by atoms with Gasteiger partial charge in [0.25, 0.3) is 0 Å². The molecule has 2 N–H and O–H groups in total. The monoisotopic (exact) mass is 326 g/mol. The second-order valence-corrected chi connectivity index (χ2v) is 5.34. The van der Waals surface area contributed by atoms with E-state index < -0.39 is 45.4 Å². The van der Waals surface area contributed by atoms with Crippen LogP contribution in [0, 0.1) is 17.5 Å². The number of benzene rings is 1. The molecule has 122 valence electrons. The highest BCUT2D eigenvalue weighted by molar-refractivity contribution is 5.98. The summed E-state index contributed by atoms with van der Waals surface area (Å²) in [6.45, 7) is 1.71. The Morgan fingerprint density at radius 3 is 2.52 bits per heavy atom. The molecular formula is C15H13F3N2O3. The molecule has 1 fully saturated rings. The summed E-state index contributed by atoms with van der Waals surface area (Å²) in [6, 6.07) is 0. The molecule has 23 heavy (non-hydrogen) atoms. The first-order valence-corrected chi connectivity index (χ1v) is 7.06. The van der Waals surface area contributed by atoms with E-state index in [0.717, 1.165) is 10.8 Å². The van der Waals surface area contributed by atoms with Crippen LogP contribution < -0.4 is 11.2 Å². The number of fused-ring (bicyclic) bond motifs is 1. The van der Waals surface area contributed by atoms with E-state index in [2.05, 4.69) is 0 Å². The van der Waals surface area contributed by atoms with Crippen LogP contribution >= 0.6 is 0 Å². The van der Waals surface area contributed by atoms with Crippen molar-refractivity contribution in [1.29, 1.82) is 0 Å². The smallest absolute Gasteiger partial charge is 0.343 e. The predicted octanol–water partition coefficient (Wildman–Crippen LogP) is 2.34. The molecule has 0 bridgehead atoms. The van der Waals surface area contributed by atoms with Crippen LogP contribution in [-0.4, -0.2) is 16.6 Å². The summed E-state index contributed by atoms with van der Waals surface area (Å²) in [7, 11) is 0. The molecule has 1 aromatic heterocycles. The number of ether oxygens (including phenoxy) is 1. The summed E-state index contributed by atoms with van der Waals surface area (Å²) in [5.41, 5.74) is 2.78. The number of halogens is 3. The van der Waals surface area contributed by atoms with Gasteiger partial charge in [-0.05, 0) is 19.8 Å². The van der Waals surface area contributed by atoms with Gasteiger partial charge in [-0.3, -0.25) is 4.79 Å². The quantitative estimate of drug-likeness (QED) is 0.534. The van der Waals surface area contributed by atoms with E-state index in [0.29, 0.717) is 12.8 Å². The fraction of sp³-hybridized carbons (Fsp3) is 0.333. The summed E-state index contributed by atoms with van der Waals surface area (Å²) >= 11 is 0. The standard InChI is InChI=1S/C15H13F3N2O3/c1-2-20-5-7(15(22)23-6-3-4-6)14(21)8-12(19)10(17)9(16)11(18)13(8)20/h5-6H,2-4,19H2,1H3. The number of pyridine rings is 1. The molecule has 0 amide bonds. The van der Waals surface area contributed by atoms with Gasteiger partial charge in [-0.2, -0.15) is 0 Å². The van der Waals surface area contributed by atoms with Crippen LogP contribution in [-0.2, 0) is 11.3 Å². The minimum absolute atomic E-state index is 0.113. The summed E-state index contributed by atoms with van der Waals surface area (Å²) in [6.07, 6.45) is 2.25. The molecule has 8 heteroatoms. The van der Waals surface area contributed by atoms with Gasteiger partial charge >= 0.3 is 5.97 Å². The number of anilines is 1. The van der Waals surface area contributed by atoms with Gasteiger partial charge in [-0.25, -0.2) is 18.0 Å². The SMILES string of the molecule is CCn1cc(C(=O)OC2CC2)c(=O)c2c(N)c(F)c(F)c(F)c21. The lowest BCUT2D eigenvalue weighted by molar-refractivity contribution is 0.0470. The maximum atomic E-state index is 14.1. The molecule has 0 unspecified atom stereocenters. The minimum atomic E-state index is -1.76. The largest absolute Gasteiger partial charge is 0.459 e. The predicted molar refractivity (Wildman–Crippen MR) is 76.6 cm³/mol. The maximum Gasteiger partial charge on any atom is 0.343 e. The number of hydrogen-bond acceptors (Lipinski definition) is 4. The molecule has 1 aromatic carbocycles. The molecule has 2 aromatic rings. The third-order valence-corrected chi connectivity index (χ3v) is 3.74. The van der Waals surface area contributed by atoms with Crippen molar-refractivity contribution in [2.75, 3.05) is 5.73 Å². The van der Waals surface area contributed by atoms with Crippen LogP contribution in [0.4, 0.5) is 18.9 Å². The highest BCUT2D eigenvalue weighted by Crippen LogP contribution is 2.29. The Labute approximate surface area is 128 Å².